The molecular formula is C38H37Cl3N6O4. The van der Waals surface area contributed by atoms with Crippen molar-refractivity contribution in [3.8, 4) is 39.4 Å². The number of hydrogen-bond donors (Lipinski definition) is 4. The van der Waals surface area contributed by atoms with E-state index in [-0.39, 0.29) is 23.6 Å². The molecule has 1 aliphatic heterocycles. The van der Waals surface area contributed by atoms with Crippen LogP contribution in [-0.2, 0) is 17.9 Å². The van der Waals surface area contributed by atoms with Gasteiger partial charge in [0.15, 0.2) is 0 Å². The molecule has 10 nitrogen and oxygen atoms in total. The summed E-state index contributed by atoms with van der Waals surface area (Å²) < 4.78 is 7.16. The van der Waals surface area contributed by atoms with Gasteiger partial charge in [-0.25, -0.2) is 9.97 Å². The van der Waals surface area contributed by atoms with E-state index in [1.54, 1.807) is 25.6 Å². The van der Waals surface area contributed by atoms with E-state index in [0.29, 0.717) is 93.4 Å². The number of fused-ring (bicyclic) bond motifs is 1. The molecule has 51 heavy (non-hydrogen) atoms. The van der Waals surface area contributed by atoms with Gasteiger partial charge in [-0.2, -0.15) is 0 Å². The molecule has 2 aromatic carbocycles. The first-order valence-electron chi connectivity index (χ1n) is 16.8. The van der Waals surface area contributed by atoms with Crippen LogP contribution in [0.15, 0.2) is 71.8 Å². The molecule has 2 fully saturated rings. The van der Waals surface area contributed by atoms with Crippen LogP contribution in [0.4, 0.5) is 0 Å². The van der Waals surface area contributed by atoms with Gasteiger partial charge < -0.3 is 25.8 Å². The first-order valence-corrected chi connectivity index (χ1v) is 17.9. The fraction of sp³-hybridized carbons (Fsp3) is 0.316. The number of halogens is 3. The van der Waals surface area contributed by atoms with E-state index in [9.17, 15) is 14.7 Å². The van der Waals surface area contributed by atoms with Crippen molar-refractivity contribution in [3.63, 3.8) is 0 Å². The van der Waals surface area contributed by atoms with Crippen molar-refractivity contribution < 1.29 is 14.6 Å². The first-order chi connectivity index (χ1) is 24.5. The van der Waals surface area contributed by atoms with Gasteiger partial charge in [-0.3, -0.25) is 14.0 Å². The highest BCUT2D eigenvalue weighted by molar-refractivity contribution is 6.39. The molecule has 0 spiro atoms. The monoisotopic (exact) mass is 746 g/mol. The number of amides is 1. The molecule has 0 radical (unpaired) electrons. The molecule has 2 aliphatic rings. The Morgan fingerprint density at radius 3 is 2.39 bits per heavy atom. The number of carbonyl (C=O) groups is 1. The fourth-order valence-corrected chi connectivity index (χ4v) is 7.80. The highest BCUT2D eigenvalue weighted by atomic mass is 35.5. The molecule has 3 aromatic heterocycles. The lowest BCUT2D eigenvalue weighted by Crippen LogP contribution is -2.51. The lowest BCUT2D eigenvalue weighted by Gasteiger charge is -2.41. The van der Waals surface area contributed by atoms with E-state index in [2.05, 4.69) is 20.9 Å². The summed E-state index contributed by atoms with van der Waals surface area (Å²) in [6.07, 6.45) is 5.96. The Morgan fingerprint density at radius 1 is 1.00 bits per heavy atom. The van der Waals surface area contributed by atoms with Crippen molar-refractivity contribution in [2.24, 2.45) is 0 Å². The Labute approximate surface area is 310 Å². The summed E-state index contributed by atoms with van der Waals surface area (Å²) in [5.74, 6) is 0.446. The second kappa shape index (κ2) is 14.5. The van der Waals surface area contributed by atoms with E-state index < -0.39 is 5.60 Å². The van der Waals surface area contributed by atoms with Crippen molar-refractivity contribution in [3.05, 3.63) is 104 Å². The van der Waals surface area contributed by atoms with Crippen LogP contribution in [0.25, 0.3) is 39.2 Å². The zero-order chi connectivity index (χ0) is 35.9. The summed E-state index contributed by atoms with van der Waals surface area (Å²) in [5, 5.41) is 21.0. The zero-order valence-corrected chi connectivity index (χ0v) is 30.4. The van der Waals surface area contributed by atoms with Gasteiger partial charge in [0.1, 0.15) is 5.65 Å². The normalized spacial score (nSPS) is 20.0. The minimum Gasteiger partial charge on any atom is -0.481 e. The molecule has 0 bridgehead atoms. The summed E-state index contributed by atoms with van der Waals surface area (Å²) in [6, 6.07) is 17.1. The van der Waals surface area contributed by atoms with Crippen LogP contribution < -0.4 is 26.2 Å². The maximum Gasteiger partial charge on any atom is 0.262 e. The number of aliphatic hydroxyl groups is 1. The predicted octanol–water partition coefficient (Wildman–Crippen LogP) is 6.43. The third-order valence-corrected chi connectivity index (χ3v) is 10.8. The van der Waals surface area contributed by atoms with Crippen LogP contribution in [0.2, 0.25) is 15.1 Å². The van der Waals surface area contributed by atoms with E-state index in [4.69, 9.17) is 44.5 Å². The maximum absolute atomic E-state index is 13.3. The van der Waals surface area contributed by atoms with Gasteiger partial charge in [0.25, 0.3) is 5.56 Å². The van der Waals surface area contributed by atoms with Gasteiger partial charge in [0.05, 0.1) is 39.0 Å². The van der Waals surface area contributed by atoms with Crippen LogP contribution in [0.1, 0.15) is 43.7 Å². The minimum absolute atomic E-state index is 0.0689. The minimum atomic E-state index is -0.639. The van der Waals surface area contributed by atoms with Crippen molar-refractivity contribution in [2.75, 3.05) is 13.7 Å². The molecule has 4 N–H and O–H groups in total. The number of pyridine rings is 2. The summed E-state index contributed by atoms with van der Waals surface area (Å²) in [6.45, 7) is 3.22. The number of carbonyl (C=O) groups excluding carboxylic acids is 1. The van der Waals surface area contributed by atoms with E-state index in [0.717, 1.165) is 23.1 Å². The maximum atomic E-state index is 13.3. The largest absolute Gasteiger partial charge is 0.481 e. The molecule has 7 rings (SSSR count). The molecule has 1 saturated carbocycles. The zero-order valence-electron chi connectivity index (χ0n) is 28.1. The average molecular weight is 748 g/mol. The Hall–Kier alpha value is -4.03. The Kier molecular flexibility index (Phi) is 10.1. The Bertz CT molecular complexity index is 2200. The van der Waals surface area contributed by atoms with Crippen molar-refractivity contribution in [1.29, 1.82) is 0 Å². The highest BCUT2D eigenvalue weighted by Gasteiger charge is 2.37. The third-order valence-electron chi connectivity index (χ3n) is 9.61. The Balaban J connectivity index is 1.13. The number of benzene rings is 2. The topological polar surface area (TPSA) is 130 Å². The van der Waals surface area contributed by atoms with Gasteiger partial charge in [-0.15, -0.1) is 0 Å². The van der Waals surface area contributed by atoms with E-state index >= 15 is 0 Å². The molecule has 4 heterocycles. The lowest BCUT2D eigenvalue weighted by atomic mass is 9.77. The van der Waals surface area contributed by atoms with Crippen LogP contribution in [0, 0.1) is 0 Å². The van der Waals surface area contributed by atoms with Crippen LogP contribution in [-0.4, -0.2) is 56.7 Å². The van der Waals surface area contributed by atoms with Crippen molar-refractivity contribution in [2.45, 2.75) is 63.4 Å². The molecule has 1 atom stereocenters. The number of hydrogen-bond acceptors (Lipinski definition) is 8. The molecule has 1 saturated heterocycles. The van der Waals surface area contributed by atoms with Gasteiger partial charge in [0.2, 0.25) is 11.8 Å². The molecule has 5 aromatic rings. The molecule has 1 amide bonds. The number of aromatic nitrogens is 3. The van der Waals surface area contributed by atoms with Crippen molar-refractivity contribution >= 4 is 46.4 Å². The van der Waals surface area contributed by atoms with Gasteiger partial charge in [-0.05, 0) is 49.9 Å². The second-order valence-corrected chi connectivity index (χ2v) is 14.6. The first kappa shape index (κ1) is 35.4. The van der Waals surface area contributed by atoms with E-state index in [1.807, 2.05) is 55.5 Å². The van der Waals surface area contributed by atoms with Gasteiger partial charge in [-0.1, -0.05) is 71.2 Å². The SMILES string of the molecule is COc1nc(-c2cccc(-c3cccc(-c4ccn5c(=O)c(CNC6CC(C)(O)C6)cnc5c4)c3Cl)c2Cl)cc(Cl)c1CNC[C@@H]1CCC(=O)N1. The highest BCUT2D eigenvalue weighted by Crippen LogP contribution is 2.43. The van der Waals surface area contributed by atoms with Crippen molar-refractivity contribution in [1.82, 2.24) is 30.3 Å². The second-order valence-electron chi connectivity index (χ2n) is 13.5. The lowest BCUT2D eigenvalue weighted by molar-refractivity contribution is -0.119. The molecule has 1 aliphatic carbocycles. The average Bonchev–Trinajstić information content (AvgIpc) is 3.52. The quantitative estimate of drug-likeness (QED) is 0.122. The van der Waals surface area contributed by atoms with Gasteiger partial charge >= 0.3 is 0 Å². The molecule has 0 unspecified atom stereocenters. The van der Waals surface area contributed by atoms with Gasteiger partial charge in [0, 0.05) is 78.3 Å². The third kappa shape index (κ3) is 7.35. The predicted molar refractivity (Wildman–Crippen MR) is 201 cm³/mol. The number of nitrogens with one attached hydrogen (secondary N) is 3. The fourth-order valence-electron chi connectivity index (χ4n) is 6.89. The summed E-state index contributed by atoms with van der Waals surface area (Å²) >= 11 is 21.0. The molecule has 264 valence electrons. The number of nitrogens with zero attached hydrogens (tertiary/aromatic N) is 3. The van der Waals surface area contributed by atoms with Crippen LogP contribution >= 0.6 is 34.8 Å². The number of rotatable bonds is 11. The summed E-state index contributed by atoms with van der Waals surface area (Å²) in [4.78, 5) is 34.1. The Morgan fingerprint density at radius 2 is 1.71 bits per heavy atom. The number of ether oxygens (including phenoxy) is 1. The smallest absolute Gasteiger partial charge is 0.262 e. The summed E-state index contributed by atoms with van der Waals surface area (Å²) in [5.41, 5.74) is 5.15. The van der Waals surface area contributed by atoms with Crippen LogP contribution in [0.3, 0.4) is 0 Å². The summed E-state index contributed by atoms with van der Waals surface area (Å²) in [7, 11) is 1.55. The van der Waals surface area contributed by atoms with Crippen LogP contribution in [0.5, 0.6) is 5.88 Å². The number of methoxy groups -OCH3 is 1. The standard InChI is InChI=1S/C38H37Cl3N6O4/c1-38(50)15-24(16-38)43-17-22-18-44-32-13-21(11-12-47(32)37(22)49)25-5-3-6-26(34(25)40)27-7-4-8-28(35(27)41)31-14-30(39)29(36(46-31)51-2)20-42-19-23-9-10-33(48)45-23/h3-8,11-14,18,23-24,42-43,50H,9-10,15-17,19-20H2,1-2H3,(H,45,48)/t23-,24?,38?/m0/s1. The molecule has 13 heteroatoms. The molecular weight excluding hydrogens is 711 g/mol. The van der Waals surface area contributed by atoms with E-state index in [1.165, 1.54) is 4.40 Å².